The smallest absolute Gasteiger partial charge is 0.245 e. The van der Waals surface area contributed by atoms with Gasteiger partial charge in [-0.05, 0) is 43.4 Å². The molecule has 4 heteroatoms. The Morgan fingerprint density at radius 1 is 1.35 bits per heavy atom. The molecule has 1 atom stereocenters. The maximum Gasteiger partial charge on any atom is 0.245 e. The van der Waals surface area contributed by atoms with E-state index >= 15 is 0 Å². The lowest BCUT2D eigenvalue weighted by molar-refractivity contribution is -0.145. The highest BCUT2D eigenvalue weighted by molar-refractivity contribution is 5.95. The molecule has 3 rings (SSSR count). The molecule has 0 spiro atoms. The second-order valence-electron chi connectivity index (χ2n) is 5.93. The average Bonchev–Trinajstić information content (AvgIpc) is 3.16. The van der Waals surface area contributed by atoms with Gasteiger partial charge >= 0.3 is 0 Å². The van der Waals surface area contributed by atoms with E-state index in [9.17, 15) is 9.59 Å². The summed E-state index contributed by atoms with van der Waals surface area (Å²) in [6.07, 6.45) is 5.71. The van der Waals surface area contributed by atoms with Gasteiger partial charge in [0.2, 0.25) is 11.8 Å². The molecule has 0 radical (unpaired) electrons. The number of amides is 2. The van der Waals surface area contributed by atoms with E-state index in [-0.39, 0.29) is 24.4 Å². The second-order valence-corrected chi connectivity index (χ2v) is 5.93. The van der Waals surface area contributed by atoms with Gasteiger partial charge in [-0.1, -0.05) is 6.92 Å². The highest BCUT2D eigenvalue weighted by Crippen LogP contribution is 2.49. The number of hydrogen-bond donors (Lipinski definition) is 1. The lowest BCUT2D eigenvalue weighted by Crippen LogP contribution is -2.59. The van der Waals surface area contributed by atoms with Crippen molar-refractivity contribution < 1.29 is 9.59 Å². The van der Waals surface area contributed by atoms with Crippen LogP contribution in [0.3, 0.4) is 0 Å². The standard InChI is InChI=1S/C13H20N2O2/c1-2-13(5-6-13)8-15-7-10(16)14-11(12(15)17)9-3-4-9/h9,11H,2-8H2,1H3,(H,14,16). The number of carbonyl (C=O) groups is 2. The van der Waals surface area contributed by atoms with Crippen LogP contribution in [0.1, 0.15) is 39.0 Å². The minimum atomic E-state index is -0.219. The Balaban J connectivity index is 1.69. The predicted molar refractivity (Wildman–Crippen MR) is 63.2 cm³/mol. The zero-order chi connectivity index (χ0) is 12.0. The summed E-state index contributed by atoms with van der Waals surface area (Å²) in [4.78, 5) is 25.7. The molecule has 0 bridgehead atoms. The number of carbonyl (C=O) groups excluding carboxylic acids is 2. The quantitative estimate of drug-likeness (QED) is 0.789. The third kappa shape index (κ3) is 2.05. The summed E-state index contributed by atoms with van der Waals surface area (Å²) in [5, 5.41) is 2.85. The lowest BCUT2D eigenvalue weighted by Gasteiger charge is -2.34. The Morgan fingerprint density at radius 2 is 2.06 bits per heavy atom. The summed E-state index contributed by atoms with van der Waals surface area (Å²) < 4.78 is 0. The first-order valence-electron chi connectivity index (χ1n) is 6.72. The summed E-state index contributed by atoms with van der Waals surface area (Å²) in [5.74, 6) is 0.589. The van der Waals surface area contributed by atoms with Crippen molar-refractivity contribution in [3.05, 3.63) is 0 Å². The highest BCUT2D eigenvalue weighted by atomic mass is 16.2. The van der Waals surface area contributed by atoms with Gasteiger partial charge in [-0.3, -0.25) is 9.59 Å². The largest absolute Gasteiger partial charge is 0.342 e. The molecule has 0 aromatic rings. The van der Waals surface area contributed by atoms with Crippen molar-refractivity contribution in [2.45, 2.75) is 45.1 Å². The number of piperazine rings is 1. The maximum absolute atomic E-state index is 12.3. The Bertz CT molecular complexity index is 358. The molecule has 1 heterocycles. The lowest BCUT2D eigenvalue weighted by atomic mass is 10.0. The normalized spacial score (nSPS) is 31.4. The zero-order valence-corrected chi connectivity index (χ0v) is 10.4. The molecule has 1 unspecified atom stereocenters. The predicted octanol–water partition coefficient (Wildman–Crippen LogP) is 0.914. The number of hydrogen-bond acceptors (Lipinski definition) is 2. The number of nitrogens with one attached hydrogen (secondary N) is 1. The molecule has 4 nitrogen and oxygen atoms in total. The van der Waals surface area contributed by atoms with Gasteiger partial charge in [0.15, 0.2) is 0 Å². The van der Waals surface area contributed by atoms with Crippen LogP contribution in [0, 0.1) is 11.3 Å². The van der Waals surface area contributed by atoms with Gasteiger partial charge in [0.1, 0.15) is 6.04 Å². The Kier molecular flexibility index (Phi) is 2.42. The van der Waals surface area contributed by atoms with Gasteiger partial charge in [0, 0.05) is 6.54 Å². The van der Waals surface area contributed by atoms with E-state index in [2.05, 4.69) is 12.2 Å². The van der Waals surface area contributed by atoms with Crippen molar-refractivity contribution in [1.82, 2.24) is 10.2 Å². The van der Waals surface area contributed by atoms with E-state index in [1.165, 1.54) is 12.8 Å². The zero-order valence-electron chi connectivity index (χ0n) is 10.4. The van der Waals surface area contributed by atoms with Gasteiger partial charge in [0.25, 0.3) is 0 Å². The molecular formula is C13H20N2O2. The Hall–Kier alpha value is -1.06. The second kappa shape index (κ2) is 3.72. The highest BCUT2D eigenvalue weighted by Gasteiger charge is 2.47. The van der Waals surface area contributed by atoms with Gasteiger partial charge in [-0.25, -0.2) is 0 Å². The molecule has 2 aliphatic carbocycles. The van der Waals surface area contributed by atoms with Crippen LogP contribution >= 0.6 is 0 Å². The fraction of sp³-hybridized carbons (Fsp3) is 0.846. The van der Waals surface area contributed by atoms with Crippen LogP contribution < -0.4 is 5.32 Å². The molecule has 1 aliphatic heterocycles. The summed E-state index contributed by atoms with van der Waals surface area (Å²) in [7, 11) is 0. The first kappa shape index (κ1) is 11.1. The van der Waals surface area contributed by atoms with E-state index < -0.39 is 0 Å². The van der Waals surface area contributed by atoms with Crippen LogP contribution in [0.4, 0.5) is 0 Å². The van der Waals surface area contributed by atoms with E-state index in [1.54, 1.807) is 4.90 Å². The first-order chi connectivity index (χ1) is 8.13. The molecule has 3 aliphatic rings. The molecule has 2 amide bonds. The van der Waals surface area contributed by atoms with Crippen LogP contribution in [-0.4, -0.2) is 35.8 Å². The van der Waals surface area contributed by atoms with Crippen LogP contribution in [0.25, 0.3) is 0 Å². The van der Waals surface area contributed by atoms with Crippen molar-refractivity contribution >= 4 is 11.8 Å². The summed E-state index contributed by atoms with van der Waals surface area (Å²) in [6.45, 7) is 3.24. The first-order valence-corrected chi connectivity index (χ1v) is 6.72. The van der Waals surface area contributed by atoms with E-state index in [4.69, 9.17) is 0 Å². The van der Waals surface area contributed by atoms with E-state index in [0.717, 1.165) is 25.8 Å². The van der Waals surface area contributed by atoms with Crippen molar-refractivity contribution in [2.24, 2.45) is 11.3 Å². The van der Waals surface area contributed by atoms with Gasteiger partial charge < -0.3 is 10.2 Å². The van der Waals surface area contributed by atoms with Crippen LogP contribution in [0.2, 0.25) is 0 Å². The van der Waals surface area contributed by atoms with Crippen molar-refractivity contribution in [2.75, 3.05) is 13.1 Å². The minimum Gasteiger partial charge on any atom is -0.342 e. The number of rotatable bonds is 4. The SMILES string of the molecule is CCC1(CN2CC(=O)NC(C3CC3)C2=O)CC1. The number of nitrogens with zero attached hydrogens (tertiary/aromatic N) is 1. The van der Waals surface area contributed by atoms with Gasteiger partial charge in [-0.15, -0.1) is 0 Å². The molecule has 1 saturated heterocycles. The molecule has 2 saturated carbocycles. The van der Waals surface area contributed by atoms with Crippen LogP contribution in [0.5, 0.6) is 0 Å². The molecule has 3 fully saturated rings. The van der Waals surface area contributed by atoms with Gasteiger partial charge in [-0.2, -0.15) is 0 Å². The fourth-order valence-corrected chi connectivity index (χ4v) is 2.82. The molecule has 1 N–H and O–H groups in total. The van der Waals surface area contributed by atoms with E-state index in [0.29, 0.717) is 11.3 Å². The molecule has 0 aromatic heterocycles. The molecule has 17 heavy (non-hydrogen) atoms. The van der Waals surface area contributed by atoms with Crippen molar-refractivity contribution in [3.63, 3.8) is 0 Å². The molecule has 94 valence electrons. The van der Waals surface area contributed by atoms with E-state index in [1.807, 2.05) is 0 Å². The maximum atomic E-state index is 12.3. The minimum absolute atomic E-state index is 0.0217. The third-order valence-corrected chi connectivity index (χ3v) is 4.56. The Morgan fingerprint density at radius 3 is 2.59 bits per heavy atom. The Labute approximate surface area is 102 Å². The van der Waals surface area contributed by atoms with Crippen molar-refractivity contribution in [3.8, 4) is 0 Å². The van der Waals surface area contributed by atoms with Crippen LogP contribution in [-0.2, 0) is 9.59 Å². The van der Waals surface area contributed by atoms with Crippen molar-refractivity contribution in [1.29, 1.82) is 0 Å². The van der Waals surface area contributed by atoms with Gasteiger partial charge in [0.05, 0.1) is 6.54 Å². The monoisotopic (exact) mass is 236 g/mol. The van der Waals surface area contributed by atoms with Crippen LogP contribution in [0.15, 0.2) is 0 Å². The summed E-state index contributed by atoms with van der Waals surface area (Å²) in [6, 6.07) is -0.219. The molecular weight excluding hydrogens is 216 g/mol. The molecule has 0 aromatic carbocycles. The third-order valence-electron chi connectivity index (χ3n) is 4.56. The average molecular weight is 236 g/mol. The summed E-state index contributed by atoms with van der Waals surface area (Å²) in [5.41, 5.74) is 0.335. The summed E-state index contributed by atoms with van der Waals surface area (Å²) >= 11 is 0. The topological polar surface area (TPSA) is 49.4 Å². The fourth-order valence-electron chi connectivity index (χ4n) is 2.82.